The van der Waals surface area contributed by atoms with Gasteiger partial charge in [-0.25, -0.2) is 5.01 Å². The maximum Gasteiger partial charge on any atom is 0.0243 e. The lowest BCUT2D eigenvalue weighted by Crippen LogP contribution is -2.46. The SMILES string of the molecule is C1=CCCCCNN(C2CCCCCCCCCC2)CCC=1. The Bertz CT molecular complexity index is 319. The van der Waals surface area contributed by atoms with Crippen molar-refractivity contribution in [2.75, 3.05) is 13.1 Å². The molecule has 0 spiro atoms. The van der Waals surface area contributed by atoms with Crippen LogP contribution in [0.15, 0.2) is 17.9 Å². The molecule has 0 radical (unpaired) electrons. The molecular weight excluding hydrogens is 268 g/mol. The van der Waals surface area contributed by atoms with E-state index in [1.807, 2.05) is 0 Å². The topological polar surface area (TPSA) is 15.3 Å². The van der Waals surface area contributed by atoms with E-state index in [9.17, 15) is 0 Å². The van der Waals surface area contributed by atoms with Crippen LogP contribution in [0.1, 0.15) is 89.9 Å². The number of hydrogen-bond acceptors (Lipinski definition) is 2. The van der Waals surface area contributed by atoms with Gasteiger partial charge >= 0.3 is 0 Å². The first-order valence-electron chi connectivity index (χ1n) is 9.86. The number of nitrogens with one attached hydrogen (secondary N) is 1. The minimum atomic E-state index is 0.747. The lowest BCUT2D eigenvalue weighted by Gasteiger charge is -2.32. The number of rotatable bonds is 1. The average molecular weight is 305 g/mol. The molecule has 1 saturated carbocycles. The lowest BCUT2D eigenvalue weighted by atomic mass is 10.0. The molecule has 1 heterocycles. The summed E-state index contributed by atoms with van der Waals surface area (Å²) in [5.74, 6) is 0. The lowest BCUT2D eigenvalue weighted by molar-refractivity contribution is 0.107. The normalized spacial score (nSPS) is 25.3. The summed E-state index contributed by atoms with van der Waals surface area (Å²) in [6.45, 7) is 2.29. The van der Waals surface area contributed by atoms with E-state index in [4.69, 9.17) is 0 Å². The van der Waals surface area contributed by atoms with Crippen LogP contribution >= 0.6 is 0 Å². The van der Waals surface area contributed by atoms with E-state index in [0.717, 1.165) is 25.6 Å². The summed E-state index contributed by atoms with van der Waals surface area (Å²) in [4.78, 5) is 0. The molecule has 0 saturated heterocycles. The third kappa shape index (κ3) is 7.63. The van der Waals surface area contributed by atoms with Gasteiger partial charge in [0.1, 0.15) is 0 Å². The highest BCUT2D eigenvalue weighted by Crippen LogP contribution is 2.20. The van der Waals surface area contributed by atoms with Crippen LogP contribution in [-0.4, -0.2) is 24.1 Å². The van der Waals surface area contributed by atoms with Gasteiger partial charge in [0.2, 0.25) is 0 Å². The Kier molecular flexibility index (Phi) is 9.65. The van der Waals surface area contributed by atoms with Gasteiger partial charge in [-0.05, 0) is 50.7 Å². The third-order valence-electron chi connectivity index (χ3n) is 5.11. The molecule has 126 valence electrons. The fraction of sp³-hybridized carbons (Fsp3) is 0.850. The van der Waals surface area contributed by atoms with Crippen LogP contribution in [0.4, 0.5) is 0 Å². The molecule has 0 amide bonds. The average Bonchev–Trinajstić information content (AvgIpc) is 2.64. The molecule has 2 aliphatic rings. The molecule has 1 aliphatic heterocycles. The van der Waals surface area contributed by atoms with E-state index in [2.05, 4.69) is 28.3 Å². The fourth-order valence-electron chi connectivity index (χ4n) is 3.72. The molecule has 0 bridgehead atoms. The molecule has 1 fully saturated rings. The van der Waals surface area contributed by atoms with Crippen LogP contribution in [0.3, 0.4) is 0 Å². The Hall–Kier alpha value is -0.560. The molecule has 2 nitrogen and oxygen atoms in total. The molecule has 0 aromatic carbocycles. The largest absolute Gasteiger partial charge is 0.255 e. The van der Waals surface area contributed by atoms with E-state index >= 15 is 0 Å². The predicted octanol–water partition coefficient (Wildman–Crippen LogP) is 5.36. The molecule has 2 rings (SSSR count). The van der Waals surface area contributed by atoms with Gasteiger partial charge in [0, 0.05) is 19.1 Å². The van der Waals surface area contributed by atoms with E-state index in [1.54, 1.807) is 0 Å². The van der Waals surface area contributed by atoms with Gasteiger partial charge < -0.3 is 0 Å². The predicted molar refractivity (Wildman–Crippen MR) is 95.8 cm³/mol. The van der Waals surface area contributed by atoms with E-state index in [-0.39, 0.29) is 0 Å². The molecule has 0 aromatic heterocycles. The summed E-state index contributed by atoms with van der Waals surface area (Å²) in [6, 6.07) is 0.747. The number of hydrazine groups is 1. The summed E-state index contributed by atoms with van der Waals surface area (Å²) >= 11 is 0. The highest BCUT2D eigenvalue weighted by molar-refractivity contribution is 4.86. The fourth-order valence-corrected chi connectivity index (χ4v) is 3.72. The van der Waals surface area contributed by atoms with Crippen molar-refractivity contribution in [3.63, 3.8) is 0 Å². The van der Waals surface area contributed by atoms with Crippen LogP contribution in [0.5, 0.6) is 0 Å². The molecular formula is C20H36N2. The van der Waals surface area contributed by atoms with Gasteiger partial charge in [0.25, 0.3) is 0 Å². The van der Waals surface area contributed by atoms with Crippen molar-refractivity contribution < 1.29 is 0 Å². The Morgan fingerprint density at radius 1 is 0.727 bits per heavy atom. The second-order valence-corrected chi connectivity index (χ2v) is 7.02. The van der Waals surface area contributed by atoms with Crippen LogP contribution in [0.2, 0.25) is 0 Å². The Morgan fingerprint density at radius 3 is 2.09 bits per heavy atom. The van der Waals surface area contributed by atoms with Gasteiger partial charge in [-0.1, -0.05) is 51.4 Å². The van der Waals surface area contributed by atoms with Crippen molar-refractivity contribution in [1.29, 1.82) is 0 Å². The molecule has 1 N–H and O–H groups in total. The maximum atomic E-state index is 3.76. The molecule has 2 heteroatoms. The third-order valence-corrected chi connectivity index (χ3v) is 5.11. The van der Waals surface area contributed by atoms with Gasteiger partial charge in [-0.15, -0.1) is 5.73 Å². The van der Waals surface area contributed by atoms with Gasteiger partial charge in [0.15, 0.2) is 0 Å². The van der Waals surface area contributed by atoms with Gasteiger partial charge in [-0.2, -0.15) is 0 Å². The maximum absolute atomic E-state index is 3.76. The van der Waals surface area contributed by atoms with Crippen LogP contribution in [0, 0.1) is 0 Å². The highest BCUT2D eigenvalue weighted by atomic mass is 15.5. The zero-order valence-electron chi connectivity index (χ0n) is 14.5. The monoisotopic (exact) mass is 304 g/mol. The minimum Gasteiger partial charge on any atom is -0.255 e. The summed E-state index contributed by atoms with van der Waals surface area (Å²) in [7, 11) is 0. The van der Waals surface area contributed by atoms with Crippen molar-refractivity contribution in [3.05, 3.63) is 17.9 Å². The standard InChI is InChI=1S/C20H36N2/c1-2-5-9-13-17-20(16-12-8-4-1)22-19-15-11-7-3-6-10-14-18-21-22/h3,11,20-21H,1-2,4-6,8-10,12-19H2. The first kappa shape index (κ1) is 17.8. The quantitative estimate of drug-likeness (QED) is 0.656. The van der Waals surface area contributed by atoms with Crippen molar-refractivity contribution in [2.45, 2.75) is 95.9 Å². The van der Waals surface area contributed by atoms with Gasteiger partial charge in [-0.3, -0.25) is 5.43 Å². The molecule has 1 aliphatic carbocycles. The Balaban J connectivity index is 1.88. The first-order chi connectivity index (χ1) is 11.0. The van der Waals surface area contributed by atoms with Gasteiger partial charge in [0.05, 0.1) is 0 Å². The van der Waals surface area contributed by atoms with Crippen molar-refractivity contribution >= 4 is 0 Å². The second-order valence-electron chi connectivity index (χ2n) is 7.02. The number of hydrogen-bond donors (Lipinski definition) is 1. The van der Waals surface area contributed by atoms with E-state index < -0.39 is 0 Å². The Morgan fingerprint density at radius 2 is 1.36 bits per heavy atom. The van der Waals surface area contributed by atoms with Crippen LogP contribution in [-0.2, 0) is 0 Å². The highest BCUT2D eigenvalue weighted by Gasteiger charge is 2.17. The molecule has 0 atom stereocenters. The number of nitrogens with zero attached hydrogens (tertiary/aromatic N) is 1. The molecule has 22 heavy (non-hydrogen) atoms. The first-order valence-corrected chi connectivity index (χ1v) is 9.86. The van der Waals surface area contributed by atoms with Crippen molar-refractivity contribution in [3.8, 4) is 0 Å². The summed E-state index contributed by atoms with van der Waals surface area (Å²) < 4.78 is 0. The van der Waals surface area contributed by atoms with Crippen molar-refractivity contribution in [1.82, 2.24) is 10.4 Å². The molecule has 0 unspecified atom stereocenters. The second kappa shape index (κ2) is 11.9. The summed E-state index contributed by atoms with van der Waals surface area (Å²) in [6.07, 6.45) is 23.6. The smallest absolute Gasteiger partial charge is 0.0243 e. The van der Waals surface area contributed by atoms with Crippen LogP contribution in [0.25, 0.3) is 0 Å². The molecule has 0 aromatic rings. The zero-order chi connectivity index (χ0) is 15.3. The van der Waals surface area contributed by atoms with Crippen LogP contribution < -0.4 is 5.43 Å². The Labute approximate surface area is 138 Å². The summed E-state index contributed by atoms with van der Waals surface area (Å²) in [5, 5.41) is 2.58. The van der Waals surface area contributed by atoms with Crippen molar-refractivity contribution in [2.24, 2.45) is 0 Å². The summed E-state index contributed by atoms with van der Waals surface area (Å²) in [5.41, 5.74) is 7.11. The van der Waals surface area contributed by atoms with E-state index in [1.165, 1.54) is 83.5 Å². The van der Waals surface area contributed by atoms with E-state index in [0.29, 0.717) is 0 Å². The zero-order valence-corrected chi connectivity index (χ0v) is 14.5. The minimum absolute atomic E-state index is 0.747.